The molecule has 0 aliphatic rings. The Hall–Kier alpha value is -2.79. The normalized spacial score (nSPS) is 12.2. The first kappa shape index (κ1) is 18.5. The van der Waals surface area contributed by atoms with Crippen LogP contribution in [-0.4, -0.2) is 29.6 Å². The minimum Gasteiger partial charge on any atom is -0.368 e. The summed E-state index contributed by atoms with van der Waals surface area (Å²) in [6.45, 7) is 3.61. The number of hydrogen-bond acceptors (Lipinski definition) is 4. The van der Waals surface area contributed by atoms with Gasteiger partial charge in [0, 0.05) is 11.1 Å². The lowest BCUT2D eigenvalue weighted by atomic mass is 9.93. The Morgan fingerprint density at radius 3 is 1.52 bits per heavy atom. The van der Waals surface area contributed by atoms with Gasteiger partial charge in [0.15, 0.2) is 11.6 Å². The van der Waals surface area contributed by atoms with Gasteiger partial charge in [0.25, 0.3) is 0 Å². The summed E-state index contributed by atoms with van der Waals surface area (Å²) in [5.41, 5.74) is 6.24. The predicted molar refractivity (Wildman–Crippen MR) is 96.3 cm³/mol. The molecule has 5 nitrogen and oxygen atoms in total. The fourth-order valence-corrected chi connectivity index (χ4v) is 2.59. The van der Waals surface area contributed by atoms with Gasteiger partial charge < -0.3 is 5.73 Å². The van der Waals surface area contributed by atoms with Crippen LogP contribution in [0.3, 0.4) is 0 Å². The van der Waals surface area contributed by atoms with Crippen LogP contribution in [0.5, 0.6) is 0 Å². The van der Waals surface area contributed by atoms with E-state index in [4.69, 9.17) is 5.73 Å². The van der Waals surface area contributed by atoms with Gasteiger partial charge in [0.2, 0.25) is 5.91 Å². The van der Waals surface area contributed by atoms with E-state index in [-0.39, 0.29) is 17.5 Å². The first-order chi connectivity index (χ1) is 11.9. The van der Waals surface area contributed by atoms with Crippen LogP contribution in [0, 0.1) is 5.92 Å². The van der Waals surface area contributed by atoms with Crippen LogP contribution in [-0.2, 0) is 4.79 Å². The highest BCUT2D eigenvalue weighted by Gasteiger charge is 2.33. The van der Waals surface area contributed by atoms with E-state index < -0.39 is 18.0 Å². The van der Waals surface area contributed by atoms with E-state index in [0.717, 1.165) is 0 Å². The Morgan fingerprint density at radius 1 is 0.800 bits per heavy atom. The maximum absolute atomic E-state index is 12.9. The van der Waals surface area contributed by atoms with Gasteiger partial charge >= 0.3 is 0 Å². The van der Waals surface area contributed by atoms with Gasteiger partial charge in [0.1, 0.15) is 6.04 Å². The highest BCUT2D eigenvalue weighted by Crippen LogP contribution is 2.13. The predicted octanol–water partition coefficient (Wildman–Crippen LogP) is 2.22. The number of carbonyl (C=O) groups excluding carboxylic acids is 3. The molecule has 25 heavy (non-hydrogen) atoms. The summed E-state index contributed by atoms with van der Waals surface area (Å²) < 4.78 is 0. The van der Waals surface area contributed by atoms with Gasteiger partial charge in [-0.1, -0.05) is 74.5 Å². The van der Waals surface area contributed by atoms with Crippen molar-refractivity contribution in [1.29, 1.82) is 0 Å². The van der Waals surface area contributed by atoms with Gasteiger partial charge in [-0.3, -0.25) is 19.7 Å². The summed E-state index contributed by atoms with van der Waals surface area (Å²) in [6, 6.07) is 15.1. The molecule has 0 radical (unpaired) electrons. The fourth-order valence-electron chi connectivity index (χ4n) is 2.59. The number of amides is 1. The van der Waals surface area contributed by atoms with Crippen molar-refractivity contribution in [2.45, 2.75) is 25.9 Å². The molecule has 5 heteroatoms. The van der Waals surface area contributed by atoms with Crippen molar-refractivity contribution >= 4 is 17.5 Å². The summed E-state index contributed by atoms with van der Waals surface area (Å²) in [7, 11) is 0. The SMILES string of the molecule is CC(C)[C@@H](NC(C(=O)c1ccccc1)C(=O)c1ccccc1)C(N)=O. The zero-order valence-electron chi connectivity index (χ0n) is 14.3. The van der Waals surface area contributed by atoms with Gasteiger partial charge in [-0.15, -0.1) is 0 Å². The molecule has 0 saturated carbocycles. The fraction of sp³-hybridized carbons (Fsp3) is 0.250. The molecule has 3 N–H and O–H groups in total. The number of carbonyl (C=O) groups is 3. The molecule has 0 aliphatic heterocycles. The largest absolute Gasteiger partial charge is 0.368 e. The van der Waals surface area contributed by atoms with E-state index in [1.165, 1.54) is 0 Å². The van der Waals surface area contributed by atoms with Crippen LogP contribution < -0.4 is 11.1 Å². The molecule has 2 aromatic rings. The zero-order valence-corrected chi connectivity index (χ0v) is 14.3. The average Bonchev–Trinajstić information content (AvgIpc) is 2.62. The van der Waals surface area contributed by atoms with Crippen LogP contribution in [0.2, 0.25) is 0 Å². The Morgan fingerprint density at radius 2 is 1.20 bits per heavy atom. The summed E-state index contributed by atoms with van der Waals surface area (Å²) in [4.78, 5) is 37.5. The molecule has 130 valence electrons. The molecule has 2 aromatic carbocycles. The van der Waals surface area contributed by atoms with Crippen molar-refractivity contribution in [3.05, 3.63) is 71.8 Å². The molecule has 0 fully saturated rings. The Bertz CT molecular complexity index is 691. The summed E-state index contributed by atoms with van der Waals surface area (Å²) in [6.07, 6.45) is 0. The number of benzene rings is 2. The van der Waals surface area contributed by atoms with Crippen molar-refractivity contribution in [3.63, 3.8) is 0 Å². The molecule has 0 saturated heterocycles. The van der Waals surface area contributed by atoms with Crippen LogP contribution in [0.25, 0.3) is 0 Å². The molecule has 0 heterocycles. The number of nitrogens with one attached hydrogen (secondary N) is 1. The van der Waals surface area contributed by atoms with Crippen molar-refractivity contribution in [2.24, 2.45) is 11.7 Å². The van der Waals surface area contributed by atoms with E-state index in [9.17, 15) is 14.4 Å². The smallest absolute Gasteiger partial charge is 0.234 e. The molecule has 0 spiro atoms. The second-order valence-electron chi connectivity index (χ2n) is 6.18. The zero-order chi connectivity index (χ0) is 18.4. The number of rotatable bonds is 8. The number of primary amides is 1. The van der Waals surface area contributed by atoms with Crippen LogP contribution >= 0.6 is 0 Å². The van der Waals surface area contributed by atoms with Crippen molar-refractivity contribution in [3.8, 4) is 0 Å². The monoisotopic (exact) mass is 338 g/mol. The van der Waals surface area contributed by atoms with E-state index in [1.54, 1.807) is 74.5 Å². The van der Waals surface area contributed by atoms with Gasteiger partial charge in [-0.25, -0.2) is 0 Å². The Labute approximate surface area is 147 Å². The molecule has 1 amide bonds. The summed E-state index contributed by atoms with van der Waals surface area (Å²) in [5.74, 6) is -1.53. The third-order valence-corrected chi connectivity index (χ3v) is 3.96. The molecular weight excluding hydrogens is 316 g/mol. The van der Waals surface area contributed by atoms with Crippen LogP contribution in [0.1, 0.15) is 34.6 Å². The first-order valence-corrected chi connectivity index (χ1v) is 8.15. The van der Waals surface area contributed by atoms with E-state index in [0.29, 0.717) is 11.1 Å². The van der Waals surface area contributed by atoms with E-state index >= 15 is 0 Å². The van der Waals surface area contributed by atoms with Crippen LogP contribution in [0.4, 0.5) is 0 Å². The van der Waals surface area contributed by atoms with E-state index in [1.807, 2.05) is 0 Å². The second-order valence-corrected chi connectivity index (χ2v) is 6.18. The molecule has 0 unspecified atom stereocenters. The third kappa shape index (κ3) is 4.61. The van der Waals surface area contributed by atoms with Gasteiger partial charge in [0.05, 0.1) is 6.04 Å². The minimum absolute atomic E-state index is 0.160. The molecule has 2 rings (SSSR count). The lowest BCUT2D eigenvalue weighted by Gasteiger charge is -2.25. The topological polar surface area (TPSA) is 89.3 Å². The average molecular weight is 338 g/mol. The molecular formula is C20H22N2O3. The Balaban J connectivity index is 2.39. The number of hydrogen-bond donors (Lipinski definition) is 2. The molecule has 0 aromatic heterocycles. The summed E-state index contributed by atoms with van der Waals surface area (Å²) in [5, 5.41) is 2.88. The van der Waals surface area contributed by atoms with Gasteiger partial charge in [-0.2, -0.15) is 0 Å². The molecule has 0 bridgehead atoms. The number of Topliss-reactive ketones (excluding diaryl/α,β-unsaturated/α-hetero) is 2. The number of ketones is 2. The third-order valence-electron chi connectivity index (χ3n) is 3.96. The highest BCUT2D eigenvalue weighted by atomic mass is 16.2. The van der Waals surface area contributed by atoms with Crippen LogP contribution in [0.15, 0.2) is 60.7 Å². The van der Waals surface area contributed by atoms with Crippen molar-refractivity contribution in [1.82, 2.24) is 5.32 Å². The van der Waals surface area contributed by atoms with Crippen molar-refractivity contribution < 1.29 is 14.4 Å². The van der Waals surface area contributed by atoms with Crippen molar-refractivity contribution in [2.75, 3.05) is 0 Å². The quantitative estimate of drug-likeness (QED) is 0.570. The van der Waals surface area contributed by atoms with E-state index in [2.05, 4.69) is 5.32 Å². The first-order valence-electron chi connectivity index (χ1n) is 8.15. The molecule has 1 atom stereocenters. The maximum atomic E-state index is 12.9. The number of nitrogens with two attached hydrogens (primary N) is 1. The lowest BCUT2D eigenvalue weighted by Crippen LogP contribution is -2.55. The Kier molecular flexibility index (Phi) is 6.19. The summed E-state index contributed by atoms with van der Waals surface area (Å²) >= 11 is 0. The van der Waals surface area contributed by atoms with Gasteiger partial charge in [-0.05, 0) is 5.92 Å². The minimum atomic E-state index is -1.18. The lowest BCUT2D eigenvalue weighted by molar-refractivity contribution is -0.121. The maximum Gasteiger partial charge on any atom is 0.234 e. The standard InChI is InChI=1S/C20H22N2O3/c1-13(2)16(20(21)25)22-17(18(23)14-9-5-3-6-10-14)19(24)15-11-7-4-8-12-15/h3-13,16-17,22H,1-2H3,(H2,21,25)/t16-/m1/s1. The second kappa shape index (κ2) is 8.35. The highest BCUT2D eigenvalue weighted by molar-refractivity contribution is 6.19. The molecule has 0 aliphatic carbocycles.